The summed E-state index contributed by atoms with van der Waals surface area (Å²) >= 11 is 0. The minimum absolute atomic E-state index is 0.239. The molecule has 392 valence electrons. The number of aliphatic hydroxyl groups excluding tert-OH is 7. The van der Waals surface area contributed by atoms with Gasteiger partial charge < -0.3 is 50.5 Å². The van der Waals surface area contributed by atoms with Crippen LogP contribution in [0.1, 0.15) is 232 Å². The van der Waals surface area contributed by atoms with Gasteiger partial charge in [0.1, 0.15) is 36.6 Å². The number of unbranched alkanes of at least 4 members (excludes halogenated alkanes) is 26. The number of nitrogens with one attached hydrogen (secondary N) is 1. The number of rotatable bonds is 46. The summed E-state index contributed by atoms with van der Waals surface area (Å²) < 4.78 is 11.1. The van der Waals surface area contributed by atoms with Crippen molar-refractivity contribution < 1.29 is 50.0 Å². The Bertz CT molecular complexity index is 1230. The van der Waals surface area contributed by atoms with Gasteiger partial charge in [-0.05, 0) is 83.5 Å². The normalized spacial score (nSPS) is 21.0. The monoisotopic (exact) mass is 950 g/mol. The van der Waals surface area contributed by atoms with Crippen molar-refractivity contribution in [3.05, 3.63) is 48.6 Å². The molecule has 1 fully saturated rings. The van der Waals surface area contributed by atoms with E-state index in [-0.39, 0.29) is 12.8 Å². The summed E-state index contributed by atoms with van der Waals surface area (Å²) in [6.45, 7) is 3.37. The maximum atomic E-state index is 13.1. The third-order valence-corrected chi connectivity index (χ3v) is 13.0. The highest BCUT2D eigenvalue weighted by Crippen LogP contribution is 2.23. The first-order chi connectivity index (χ1) is 32.7. The molecule has 11 heteroatoms. The Balaban J connectivity index is 2.31. The standard InChI is InChI=1S/C56H103NO10/c1-3-5-7-9-11-13-15-17-19-20-21-22-23-24-25-26-27-28-29-30-32-34-36-38-40-42-44-49(60)55(65)57-47(46-66-56-54(64)53(63)52(62)50(45-58)67-56)51(61)48(59)43-41-39-37-35-33-31-18-16-14-12-10-8-6-4-2/h8,10,16,18,24-25,35,37,47-54,56,58-64H,3-7,9,11-15,17,19-23,26-34,36,38-46H2,1-2H3,(H,57,65)/b10-8+,18-16+,25-24-,37-35+. The van der Waals surface area contributed by atoms with Crippen molar-refractivity contribution in [1.29, 1.82) is 0 Å². The molecule has 0 aromatic heterocycles. The van der Waals surface area contributed by atoms with Gasteiger partial charge in [-0.3, -0.25) is 4.79 Å². The average Bonchev–Trinajstić information content (AvgIpc) is 3.33. The number of hydrogen-bond donors (Lipinski definition) is 8. The van der Waals surface area contributed by atoms with E-state index in [0.29, 0.717) is 19.3 Å². The first kappa shape index (κ1) is 63.1. The number of carbonyl (C=O) groups is 1. The number of amides is 1. The lowest BCUT2D eigenvalue weighted by molar-refractivity contribution is -0.303. The van der Waals surface area contributed by atoms with Gasteiger partial charge in [0.2, 0.25) is 5.91 Å². The second kappa shape index (κ2) is 45.2. The molecule has 67 heavy (non-hydrogen) atoms. The quantitative estimate of drug-likeness (QED) is 0.0215. The van der Waals surface area contributed by atoms with E-state index in [9.17, 15) is 40.5 Å². The summed E-state index contributed by atoms with van der Waals surface area (Å²) in [6.07, 6.45) is 44.6. The fraction of sp³-hybridized carbons (Fsp3) is 0.839. The van der Waals surface area contributed by atoms with Crippen LogP contribution in [0.3, 0.4) is 0 Å². The SMILES string of the molecule is CCC/C=C/CC/C=C/CC/C=C/CCCC(O)C(O)C(COC1OC(CO)C(O)C(O)C1O)NC(=O)C(O)CCCCCCCCCCCC/C=C\CCCCCCCCCCCCCC. The molecule has 0 aromatic carbocycles. The number of hydrogen-bond acceptors (Lipinski definition) is 10. The molecule has 1 rings (SSSR count). The zero-order chi connectivity index (χ0) is 49.0. The summed E-state index contributed by atoms with van der Waals surface area (Å²) in [4.78, 5) is 13.1. The van der Waals surface area contributed by atoms with Crippen molar-refractivity contribution in [2.75, 3.05) is 13.2 Å². The molecule has 0 aliphatic carbocycles. The van der Waals surface area contributed by atoms with Gasteiger partial charge in [0.15, 0.2) is 6.29 Å². The zero-order valence-corrected chi connectivity index (χ0v) is 42.6. The Morgan fingerprint density at radius 3 is 1.39 bits per heavy atom. The summed E-state index contributed by atoms with van der Waals surface area (Å²) in [5.41, 5.74) is 0. The first-order valence-corrected chi connectivity index (χ1v) is 27.5. The number of aliphatic hydroxyl groups is 7. The van der Waals surface area contributed by atoms with E-state index in [2.05, 4.69) is 67.8 Å². The Hall–Kier alpha value is -1.93. The molecule has 1 aliphatic heterocycles. The zero-order valence-electron chi connectivity index (χ0n) is 42.6. The van der Waals surface area contributed by atoms with Crippen LogP contribution in [0.15, 0.2) is 48.6 Å². The molecule has 9 atom stereocenters. The summed E-state index contributed by atoms with van der Waals surface area (Å²) in [6, 6.07) is -1.20. The minimum atomic E-state index is -1.67. The highest BCUT2D eigenvalue weighted by atomic mass is 16.7. The number of allylic oxidation sites excluding steroid dienone is 8. The van der Waals surface area contributed by atoms with Gasteiger partial charge in [-0.2, -0.15) is 0 Å². The van der Waals surface area contributed by atoms with Crippen LogP contribution >= 0.6 is 0 Å². The van der Waals surface area contributed by atoms with E-state index in [4.69, 9.17) is 9.47 Å². The maximum Gasteiger partial charge on any atom is 0.249 e. The van der Waals surface area contributed by atoms with Crippen molar-refractivity contribution >= 4 is 5.91 Å². The third-order valence-electron chi connectivity index (χ3n) is 13.0. The molecule has 1 heterocycles. The Morgan fingerprint density at radius 1 is 0.507 bits per heavy atom. The lowest BCUT2D eigenvalue weighted by Gasteiger charge is -2.40. The van der Waals surface area contributed by atoms with Crippen LogP contribution in [-0.4, -0.2) is 110 Å². The molecular weight excluding hydrogens is 847 g/mol. The fourth-order valence-corrected chi connectivity index (χ4v) is 8.53. The van der Waals surface area contributed by atoms with Crippen molar-refractivity contribution in [3.63, 3.8) is 0 Å². The highest BCUT2D eigenvalue weighted by Gasteiger charge is 2.44. The van der Waals surface area contributed by atoms with Crippen LogP contribution in [0.4, 0.5) is 0 Å². The third kappa shape index (κ3) is 34.1. The van der Waals surface area contributed by atoms with Gasteiger partial charge in [-0.15, -0.1) is 0 Å². The second-order valence-corrected chi connectivity index (χ2v) is 19.3. The van der Waals surface area contributed by atoms with E-state index >= 15 is 0 Å². The van der Waals surface area contributed by atoms with Gasteiger partial charge >= 0.3 is 0 Å². The molecule has 0 saturated carbocycles. The van der Waals surface area contributed by atoms with Crippen LogP contribution in [0.25, 0.3) is 0 Å². The molecule has 9 unspecified atom stereocenters. The van der Waals surface area contributed by atoms with E-state index in [1.54, 1.807) is 0 Å². The molecule has 0 radical (unpaired) electrons. The molecule has 8 N–H and O–H groups in total. The van der Waals surface area contributed by atoms with Gasteiger partial charge in [0.25, 0.3) is 0 Å². The maximum absolute atomic E-state index is 13.1. The molecule has 11 nitrogen and oxygen atoms in total. The van der Waals surface area contributed by atoms with Crippen molar-refractivity contribution in [2.24, 2.45) is 0 Å². The van der Waals surface area contributed by atoms with Gasteiger partial charge in [0.05, 0.1) is 25.4 Å². The van der Waals surface area contributed by atoms with E-state index in [1.807, 2.05) is 0 Å². The van der Waals surface area contributed by atoms with E-state index < -0.39 is 74.2 Å². The molecule has 1 aliphatic rings. The van der Waals surface area contributed by atoms with Gasteiger partial charge in [-0.25, -0.2) is 0 Å². The molecule has 0 aromatic rings. The highest BCUT2D eigenvalue weighted by molar-refractivity contribution is 5.80. The van der Waals surface area contributed by atoms with Crippen molar-refractivity contribution in [2.45, 2.75) is 287 Å². The Labute approximate surface area is 409 Å². The molecule has 0 bridgehead atoms. The lowest BCUT2D eigenvalue weighted by atomic mass is 9.98. The largest absolute Gasteiger partial charge is 0.394 e. The first-order valence-electron chi connectivity index (χ1n) is 27.5. The summed E-state index contributed by atoms with van der Waals surface area (Å²) in [7, 11) is 0. The van der Waals surface area contributed by atoms with Crippen LogP contribution in [0, 0.1) is 0 Å². The fourth-order valence-electron chi connectivity index (χ4n) is 8.53. The van der Waals surface area contributed by atoms with Crippen LogP contribution in [0.5, 0.6) is 0 Å². The number of ether oxygens (including phenoxy) is 2. The smallest absolute Gasteiger partial charge is 0.249 e. The molecule has 0 spiro atoms. The van der Waals surface area contributed by atoms with Crippen molar-refractivity contribution in [1.82, 2.24) is 5.32 Å². The average molecular weight is 950 g/mol. The molecule has 1 amide bonds. The topological polar surface area (TPSA) is 189 Å². The van der Waals surface area contributed by atoms with Gasteiger partial charge in [0, 0.05) is 0 Å². The predicted octanol–water partition coefficient (Wildman–Crippen LogP) is 10.9. The predicted molar refractivity (Wildman–Crippen MR) is 275 cm³/mol. The Morgan fingerprint density at radius 2 is 0.925 bits per heavy atom. The lowest BCUT2D eigenvalue weighted by Crippen LogP contribution is -2.60. The number of carbonyl (C=O) groups excluding carboxylic acids is 1. The summed E-state index contributed by atoms with van der Waals surface area (Å²) in [5, 5.41) is 75.9. The minimum Gasteiger partial charge on any atom is -0.394 e. The van der Waals surface area contributed by atoms with Gasteiger partial charge in [-0.1, -0.05) is 197 Å². The van der Waals surface area contributed by atoms with E-state index in [1.165, 1.54) is 135 Å². The Kier molecular flexibility index (Phi) is 42.6. The second-order valence-electron chi connectivity index (χ2n) is 19.3. The van der Waals surface area contributed by atoms with Crippen LogP contribution in [0.2, 0.25) is 0 Å². The van der Waals surface area contributed by atoms with Crippen LogP contribution < -0.4 is 5.32 Å². The molecule has 1 saturated heterocycles. The molecular formula is C56H103NO10. The van der Waals surface area contributed by atoms with E-state index in [0.717, 1.165) is 51.4 Å². The van der Waals surface area contributed by atoms with Crippen LogP contribution in [-0.2, 0) is 14.3 Å². The summed E-state index contributed by atoms with van der Waals surface area (Å²) in [5.74, 6) is -0.714. The van der Waals surface area contributed by atoms with Crippen molar-refractivity contribution in [3.8, 4) is 0 Å².